The fourth-order valence-corrected chi connectivity index (χ4v) is 5.53. The van der Waals surface area contributed by atoms with E-state index in [2.05, 4.69) is 20.8 Å². The Kier molecular flexibility index (Phi) is 7.42. The third kappa shape index (κ3) is 4.95. The first-order valence-corrected chi connectivity index (χ1v) is 11.4. The van der Waals surface area contributed by atoms with Gasteiger partial charge < -0.3 is 9.53 Å². The van der Waals surface area contributed by atoms with E-state index in [1.54, 1.807) is 12.1 Å². The molecule has 146 valence electrons. The number of benzene rings is 1. The summed E-state index contributed by atoms with van der Waals surface area (Å²) in [6.07, 6.45) is 3.69. The molecule has 1 saturated heterocycles. The maximum absolute atomic E-state index is 12.9. The van der Waals surface area contributed by atoms with Crippen LogP contribution >= 0.6 is 0 Å². The Hall–Kier alpha value is -1.20. The third-order valence-electron chi connectivity index (χ3n) is 5.85. The number of aryl methyl sites for hydroxylation is 1. The second kappa shape index (κ2) is 9.14. The van der Waals surface area contributed by atoms with E-state index >= 15 is 0 Å². The summed E-state index contributed by atoms with van der Waals surface area (Å²) in [4.78, 5) is 11.4. The van der Waals surface area contributed by atoms with Gasteiger partial charge in [-0.2, -0.15) is 0 Å². The van der Waals surface area contributed by atoms with Gasteiger partial charge in [-0.15, -0.1) is 0 Å². The topological polar surface area (TPSA) is 60.4 Å². The van der Waals surface area contributed by atoms with Crippen LogP contribution in [0, 0.1) is 17.8 Å². The third-order valence-corrected chi connectivity index (χ3v) is 7.67. The van der Waals surface area contributed by atoms with Gasteiger partial charge in [-0.1, -0.05) is 46.2 Å². The smallest absolute Gasteiger partial charge is 0.178 e. The Bertz CT molecular complexity index is 680. The number of ether oxygens (including phenoxy) is 1. The normalized spacial score (nSPS) is 27.4. The molecule has 0 N–H and O–H groups in total. The molecular formula is C21H32O4S. The molecule has 5 atom stereocenters. The average molecular weight is 381 g/mol. The van der Waals surface area contributed by atoms with Crippen molar-refractivity contribution in [2.24, 2.45) is 17.8 Å². The lowest BCUT2D eigenvalue weighted by molar-refractivity contribution is -0.110. The molecule has 0 saturated carbocycles. The number of carbonyl (C=O) groups is 1. The van der Waals surface area contributed by atoms with Crippen LogP contribution in [0.15, 0.2) is 29.2 Å². The van der Waals surface area contributed by atoms with Crippen molar-refractivity contribution in [1.29, 1.82) is 0 Å². The molecule has 2 rings (SSSR count). The van der Waals surface area contributed by atoms with Crippen molar-refractivity contribution >= 4 is 16.1 Å². The van der Waals surface area contributed by atoms with Gasteiger partial charge in [-0.25, -0.2) is 8.42 Å². The van der Waals surface area contributed by atoms with E-state index < -0.39 is 9.84 Å². The van der Waals surface area contributed by atoms with Crippen LogP contribution in [0.3, 0.4) is 0 Å². The lowest BCUT2D eigenvalue weighted by Gasteiger charge is -2.21. The number of hydrogen-bond acceptors (Lipinski definition) is 4. The fraction of sp³-hybridized carbons (Fsp3) is 0.667. The molecule has 5 heteroatoms. The van der Waals surface area contributed by atoms with Gasteiger partial charge in [0.1, 0.15) is 6.29 Å². The predicted molar refractivity (Wildman–Crippen MR) is 104 cm³/mol. The Morgan fingerprint density at radius 2 is 1.81 bits per heavy atom. The fourth-order valence-electron chi connectivity index (χ4n) is 3.76. The molecule has 1 aromatic carbocycles. The first kappa shape index (κ1) is 21.1. The van der Waals surface area contributed by atoms with Gasteiger partial charge in [0.15, 0.2) is 9.84 Å². The molecule has 1 fully saturated rings. The van der Waals surface area contributed by atoms with Gasteiger partial charge in [0.25, 0.3) is 0 Å². The van der Waals surface area contributed by atoms with Gasteiger partial charge in [0, 0.05) is 12.3 Å². The lowest BCUT2D eigenvalue weighted by atomic mass is 9.85. The first-order valence-electron chi connectivity index (χ1n) is 9.73. The van der Waals surface area contributed by atoms with E-state index in [1.807, 2.05) is 19.1 Å². The highest BCUT2D eigenvalue weighted by Crippen LogP contribution is 2.38. The monoisotopic (exact) mass is 380 g/mol. The highest BCUT2D eigenvalue weighted by molar-refractivity contribution is 7.91. The molecule has 0 spiro atoms. The van der Waals surface area contributed by atoms with E-state index in [1.165, 1.54) is 0 Å². The summed E-state index contributed by atoms with van der Waals surface area (Å²) < 4.78 is 32.0. The summed E-state index contributed by atoms with van der Waals surface area (Å²) in [7, 11) is -3.41. The summed E-state index contributed by atoms with van der Waals surface area (Å²) in [5.74, 6) is 0.537. The lowest BCUT2D eigenvalue weighted by Crippen LogP contribution is -2.28. The van der Waals surface area contributed by atoms with Crippen molar-refractivity contribution in [3.8, 4) is 0 Å². The van der Waals surface area contributed by atoms with E-state index in [0.29, 0.717) is 10.8 Å². The van der Waals surface area contributed by atoms with Crippen molar-refractivity contribution in [2.75, 3.05) is 5.75 Å². The Morgan fingerprint density at radius 1 is 1.15 bits per heavy atom. The molecule has 1 aliphatic heterocycles. The number of carbonyl (C=O) groups excluding carboxylic acids is 1. The summed E-state index contributed by atoms with van der Waals surface area (Å²) in [5, 5.41) is 0. The quantitative estimate of drug-likeness (QED) is 0.606. The van der Waals surface area contributed by atoms with Crippen LogP contribution in [0.1, 0.15) is 52.5 Å². The summed E-state index contributed by atoms with van der Waals surface area (Å²) in [6.45, 7) is 8.44. The van der Waals surface area contributed by atoms with Gasteiger partial charge >= 0.3 is 0 Å². The van der Waals surface area contributed by atoms with Crippen molar-refractivity contribution in [1.82, 2.24) is 0 Å². The zero-order valence-corrected chi connectivity index (χ0v) is 17.2. The van der Waals surface area contributed by atoms with Crippen LogP contribution in [0.5, 0.6) is 0 Å². The molecule has 26 heavy (non-hydrogen) atoms. The van der Waals surface area contributed by atoms with Crippen LogP contribution in [0.25, 0.3) is 0 Å². The zero-order valence-electron chi connectivity index (χ0n) is 16.4. The van der Waals surface area contributed by atoms with Crippen molar-refractivity contribution in [3.05, 3.63) is 29.8 Å². The maximum Gasteiger partial charge on any atom is 0.178 e. The molecule has 1 heterocycles. The first-order chi connectivity index (χ1) is 12.3. The van der Waals surface area contributed by atoms with Crippen molar-refractivity contribution < 1.29 is 17.9 Å². The number of rotatable bonds is 9. The summed E-state index contributed by atoms with van der Waals surface area (Å²) in [5.41, 5.74) is 1.12. The minimum absolute atomic E-state index is 0.0255. The van der Waals surface area contributed by atoms with Gasteiger partial charge in [0.05, 0.1) is 22.9 Å². The Morgan fingerprint density at radius 3 is 2.35 bits per heavy atom. The van der Waals surface area contributed by atoms with Crippen LogP contribution in [0.2, 0.25) is 0 Å². The van der Waals surface area contributed by atoms with E-state index in [-0.39, 0.29) is 36.2 Å². The molecule has 0 unspecified atom stereocenters. The minimum Gasteiger partial charge on any atom is -0.374 e. The largest absolute Gasteiger partial charge is 0.374 e. The second-order valence-electron chi connectivity index (χ2n) is 7.67. The van der Waals surface area contributed by atoms with Gasteiger partial charge in [-0.3, -0.25) is 0 Å². The van der Waals surface area contributed by atoms with Gasteiger partial charge in [-0.05, 0) is 42.4 Å². The van der Waals surface area contributed by atoms with Crippen LogP contribution in [0.4, 0.5) is 0 Å². The molecule has 0 amide bonds. The Labute approximate surface area is 158 Å². The van der Waals surface area contributed by atoms with E-state index in [9.17, 15) is 13.2 Å². The van der Waals surface area contributed by atoms with Crippen LogP contribution in [-0.2, 0) is 25.8 Å². The molecule has 0 radical (unpaired) electrons. The summed E-state index contributed by atoms with van der Waals surface area (Å²) in [6, 6.07) is 7.13. The standard InChI is InChI=1S/C21H32O4S/c1-5-15(3)13-21-16(4)19(20(25-21)11-12-22)14-26(23,24)18-9-7-17(6-2)8-10-18/h7-10,12,15-16,19-21H,5-6,11,13-14H2,1-4H3/t15-,16+,19-,20+,21-/m1/s1. The van der Waals surface area contributed by atoms with Gasteiger partial charge in [0.2, 0.25) is 0 Å². The maximum atomic E-state index is 12.9. The van der Waals surface area contributed by atoms with Crippen molar-refractivity contribution in [3.63, 3.8) is 0 Å². The molecule has 1 aliphatic rings. The molecular weight excluding hydrogens is 348 g/mol. The molecule has 0 aliphatic carbocycles. The minimum atomic E-state index is -3.41. The van der Waals surface area contributed by atoms with Crippen molar-refractivity contribution in [2.45, 2.75) is 70.5 Å². The SMILES string of the molecule is CCc1ccc(S(=O)(=O)C[C@@H]2[C@H](C)[C@@H](C[C@H](C)CC)O[C@H]2CC=O)cc1. The molecule has 0 aromatic heterocycles. The Balaban J connectivity index is 2.18. The van der Waals surface area contributed by atoms with E-state index in [4.69, 9.17) is 4.74 Å². The molecule has 4 nitrogen and oxygen atoms in total. The average Bonchev–Trinajstić information content (AvgIpc) is 2.90. The number of aldehydes is 1. The van der Waals surface area contributed by atoms with E-state index in [0.717, 1.165) is 31.1 Å². The molecule has 1 aromatic rings. The zero-order chi connectivity index (χ0) is 19.3. The van der Waals surface area contributed by atoms with Crippen LogP contribution < -0.4 is 0 Å². The number of sulfone groups is 1. The second-order valence-corrected chi connectivity index (χ2v) is 9.70. The predicted octanol–water partition coefficient (Wildman–Crippen LogP) is 4.07. The number of hydrogen-bond donors (Lipinski definition) is 0. The highest BCUT2D eigenvalue weighted by Gasteiger charge is 2.43. The molecule has 0 bridgehead atoms. The van der Waals surface area contributed by atoms with Crippen LogP contribution in [-0.4, -0.2) is 32.7 Å². The highest BCUT2D eigenvalue weighted by atomic mass is 32.2. The summed E-state index contributed by atoms with van der Waals surface area (Å²) >= 11 is 0.